The van der Waals surface area contributed by atoms with E-state index in [1.165, 1.54) is 16.7 Å². The van der Waals surface area contributed by atoms with Crippen LogP contribution in [0.3, 0.4) is 0 Å². The fourth-order valence-electron chi connectivity index (χ4n) is 1.46. The van der Waals surface area contributed by atoms with Crippen molar-refractivity contribution in [3.63, 3.8) is 0 Å². The number of benzene rings is 1. The summed E-state index contributed by atoms with van der Waals surface area (Å²) in [7, 11) is 0. The molecule has 0 radical (unpaired) electrons. The summed E-state index contributed by atoms with van der Waals surface area (Å²) in [6.07, 6.45) is 9.04. The minimum absolute atomic E-state index is 1.09. The van der Waals surface area contributed by atoms with E-state index in [-0.39, 0.29) is 0 Å². The van der Waals surface area contributed by atoms with E-state index in [2.05, 4.69) is 56.8 Å². The summed E-state index contributed by atoms with van der Waals surface area (Å²) >= 11 is 0. The maximum absolute atomic E-state index is 3.67. The van der Waals surface area contributed by atoms with Gasteiger partial charge in [-0.3, -0.25) is 0 Å². The minimum atomic E-state index is 1.09. The van der Waals surface area contributed by atoms with E-state index in [0.717, 1.165) is 6.42 Å². The van der Waals surface area contributed by atoms with Crippen LogP contribution in [0.5, 0.6) is 0 Å². The average Bonchev–Trinajstić information content (AvgIpc) is 2.42. The second-order valence-corrected chi connectivity index (χ2v) is 3.39. The van der Waals surface area contributed by atoms with Crippen LogP contribution >= 0.6 is 0 Å². The average molecular weight is 228 g/mol. The molecular formula is C17H24. The van der Waals surface area contributed by atoms with Gasteiger partial charge >= 0.3 is 0 Å². The molecule has 0 atom stereocenters. The normalized spacial score (nSPS) is 10.9. The summed E-state index contributed by atoms with van der Waals surface area (Å²) in [5.74, 6) is 0. The molecule has 92 valence electrons. The van der Waals surface area contributed by atoms with Crippen LogP contribution in [0, 0.1) is 0 Å². The Morgan fingerprint density at radius 3 is 2.18 bits per heavy atom. The molecule has 0 bridgehead atoms. The topological polar surface area (TPSA) is 0 Å². The van der Waals surface area contributed by atoms with E-state index in [1.54, 1.807) is 6.08 Å². The van der Waals surface area contributed by atoms with E-state index < -0.39 is 0 Å². The zero-order valence-corrected chi connectivity index (χ0v) is 11.5. The van der Waals surface area contributed by atoms with Crippen molar-refractivity contribution in [3.8, 4) is 0 Å². The predicted octanol–water partition coefficient (Wildman–Crippen LogP) is 5.42. The van der Waals surface area contributed by atoms with Gasteiger partial charge in [0, 0.05) is 0 Å². The number of rotatable bonds is 4. The first kappa shape index (κ1) is 15.4. The molecule has 0 heteroatoms. The van der Waals surface area contributed by atoms with Crippen molar-refractivity contribution in [2.24, 2.45) is 0 Å². The van der Waals surface area contributed by atoms with Crippen LogP contribution in [-0.4, -0.2) is 0 Å². The maximum Gasteiger partial charge on any atom is -0.0187 e. The lowest BCUT2D eigenvalue weighted by atomic mass is 10.0. The van der Waals surface area contributed by atoms with Crippen LogP contribution < -0.4 is 0 Å². The fraction of sp³-hybridized carbons (Fsp3) is 0.294. The molecule has 0 heterocycles. The van der Waals surface area contributed by atoms with Crippen LogP contribution in [0.25, 0.3) is 5.57 Å². The van der Waals surface area contributed by atoms with Gasteiger partial charge in [0.2, 0.25) is 0 Å². The summed E-state index contributed by atoms with van der Waals surface area (Å²) in [6, 6.07) is 8.70. The lowest BCUT2D eigenvalue weighted by Gasteiger charge is -2.03. The van der Waals surface area contributed by atoms with Crippen LogP contribution in [0.15, 0.2) is 55.1 Å². The third-order valence-corrected chi connectivity index (χ3v) is 2.42. The van der Waals surface area contributed by atoms with Gasteiger partial charge < -0.3 is 0 Å². The van der Waals surface area contributed by atoms with Gasteiger partial charge in [0.15, 0.2) is 0 Å². The first-order valence-corrected chi connectivity index (χ1v) is 6.36. The summed E-state index contributed by atoms with van der Waals surface area (Å²) < 4.78 is 0. The highest BCUT2D eigenvalue weighted by molar-refractivity contribution is 5.74. The number of hydrogen-bond donors (Lipinski definition) is 0. The Bertz CT molecular complexity index is 364. The molecule has 1 aromatic rings. The van der Waals surface area contributed by atoms with Crippen LogP contribution in [0.4, 0.5) is 0 Å². The molecule has 0 amide bonds. The summed E-state index contributed by atoms with van der Waals surface area (Å²) in [6.45, 7) is 11.9. The lowest BCUT2D eigenvalue weighted by molar-refractivity contribution is 1.14. The van der Waals surface area contributed by atoms with Crippen molar-refractivity contribution in [2.75, 3.05) is 0 Å². The zero-order chi connectivity index (χ0) is 13.1. The summed E-state index contributed by atoms with van der Waals surface area (Å²) in [5, 5.41) is 0. The van der Waals surface area contributed by atoms with E-state index in [0.29, 0.717) is 0 Å². The minimum Gasteiger partial charge on any atom is -0.0991 e. The monoisotopic (exact) mass is 228 g/mol. The van der Waals surface area contributed by atoms with Gasteiger partial charge in [-0.1, -0.05) is 75.9 Å². The summed E-state index contributed by atoms with van der Waals surface area (Å²) in [5.41, 5.74) is 3.87. The van der Waals surface area contributed by atoms with Gasteiger partial charge in [0.25, 0.3) is 0 Å². The molecule has 0 aliphatic carbocycles. The Morgan fingerprint density at radius 2 is 1.76 bits per heavy atom. The van der Waals surface area contributed by atoms with Crippen LogP contribution in [0.1, 0.15) is 38.8 Å². The van der Waals surface area contributed by atoms with Crippen molar-refractivity contribution < 1.29 is 0 Å². The summed E-state index contributed by atoms with van der Waals surface area (Å²) in [4.78, 5) is 0. The lowest BCUT2D eigenvalue weighted by Crippen LogP contribution is -1.83. The highest BCUT2D eigenvalue weighted by atomic mass is 14.0. The molecule has 0 saturated carbocycles. The van der Waals surface area contributed by atoms with E-state index in [1.807, 2.05) is 19.9 Å². The van der Waals surface area contributed by atoms with Gasteiger partial charge in [-0.25, -0.2) is 0 Å². The molecule has 17 heavy (non-hydrogen) atoms. The van der Waals surface area contributed by atoms with Crippen molar-refractivity contribution in [2.45, 2.75) is 34.1 Å². The maximum atomic E-state index is 3.67. The van der Waals surface area contributed by atoms with Crippen molar-refractivity contribution in [1.29, 1.82) is 0 Å². The Balaban J connectivity index is 0.00000121. The second kappa shape index (κ2) is 9.65. The van der Waals surface area contributed by atoms with Crippen molar-refractivity contribution in [3.05, 3.63) is 66.3 Å². The van der Waals surface area contributed by atoms with Gasteiger partial charge in [0.05, 0.1) is 0 Å². The van der Waals surface area contributed by atoms with Crippen LogP contribution in [-0.2, 0) is 6.42 Å². The van der Waals surface area contributed by atoms with E-state index in [9.17, 15) is 0 Å². The quantitative estimate of drug-likeness (QED) is 0.603. The van der Waals surface area contributed by atoms with Crippen molar-refractivity contribution >= 4 is 5.57 Å². The van der Waals surface area contributed by atoms with E-state index >= 15 is 0 Å². The highest BCUT2D eigenvalue weighted by Crippen LogP contribution is 2.16. The third-order valence-electron chi connectivity index (χ3n) is 2.42. The Kier molecular flexibility index (Phi) is 8.77. The van der Waals surface area contributed by atoms with Crippen molar-refractivity contribution in [1.82, 2.24) is 0 Å². The second-order valence-electron chi connectivity index (χ2n) is 3.39. The Morgan fingerprint density at radius 1 is 1.18 bits per heavy atom. The molecule has 0 saturated heterocycles. The molecular weight excluding hydrogens is 204 g/mol. The molecule has 0 aliphatic heterocycles. The highest BCUT2D eigenvalue weighted by Gasteiger charge is 1.96. The first-order chi connectivity index (χ1) is 8.31. The molecule has 0 N–H and O–H groups in total. The smallest absolute Gasteiger partial charge is 0.0187 e. The van der Waals surface area contributed by atoms with Gasteiger partial charge in [-0.2, -0.15) is 0 Å². The van der Waals surface area contributed by atoms with Gasteiger partial charge in [-0.05, 0) is 30.0 Å². The Hall–Kier alpha value is -1.56. The fourth-order valence-corrected chi connectivity index (χ4v) is 1.46. The standard InChI is InChI=1S/C15H18.C2H6/c1-4-7-8-14(6-3)15-11-9-13(5-2)10-12-15;1-2/h4,6-12H,1,5H2,2-3H3;1-2H3/b8-7-,14-6+;. The van der Waals surface area contributed by atoms with Gasteiger partial charge in [0.1, 0.15) is 0 Å². The molecule has 0 nitrogen and oxygen atoms in total. The SMILES string of the molecule is C=C/C=C\C(=C/C)c1ccc(CC)cc1.CC. The van der Waals surface area contributed by atoms with Gasteiger partial charge in [-0.15, -0.1) is 0 Å². The Labute approximate surface area is 106 Å². The molecule has 0 aliphatic rings. The first-order valence-electron chi connectivity index (χ1n) is 6.36. The molecule has 0 aromatic heterocycles. The number of aryl methyl sites for hydroxylation is 1. The van der Waals surface area contributed by atoms with E-state index in [4.69, 9.17) is 0 Å². The predicted molar refractivity (Wildman–Crippen MR) is 80.2 cm³/mol. The molecule has 0 spiro atoms. The number of hydrogen-bond acceptors (Lipinski definition) is 0. The molecule has 0 fully saturated rings. The molecule has 1 aromatic carbocycles. The zero-order valence-electron chi connectivity index (χ0n) is 11.5. The molecule has 0 unspecified atom stereocenters. The molecule has 1 rings (SSSR count). The number of allylic oxidation sites excluding steroid dienone is 5. The largest absolute Gasteiger partial charge is 0.0991 e. The third kappa shape index (κ3) is 5.35. The van der Waals surface area contributed by atoms with Crippen LogP contribution in [0.2, 0.25) is 0 Å².